The molecule has 2 aromatic rings. The number of nitrogens with one attached hydrogen (secondary N) is 1. The van der Waals surface area contributed by atoms with Crippen molar-refractivity contribution in [3.05, 3.63) is 57.5 Å². The van der Waals surface area contributed by atoms with Gasteiger partial charge in [-0.25, -0.2) is 0 Å². The van der Waals surface area contributed by atoms with Crippen LogP contribution in [0.1, 0.15) is 33.3 Å². The smallest absolute Gasteiger partial charge is 0.261 e. The molecule has 1 N–H and O–H groups in total. The third kappa shape index (κ3) is 7.74. The van der Waals surface area contributed by atoms with Crippen molar-refractivity contribution in [2.75, 3.05) is 13.7 Å². The first-order valence-corrected chi connectivity index (χ1v) is 11.0. The molecule has 1 unspecified atom stereocenters. The number of methoxy groups -OCH3 is 1. The van der Waals surface area contributed by atoms with Gasteiger partial charge in [-0.2, -0.15) is 0 Å². The molecule has 0 spiro atoms. The Bertz CT molecular complexity index is 930. The minimum Gasteiger partial charge on any atom is -0.497 e. The van der Waals surface area contributed by atoms with Gasteiger partial charge in [-0.15, -0.1) is 0 Å². The second-order valence-electron chi connectivity index (χ2n) is 8.15. The van der Waals surface area contributed by atoms with E-state index < -0.39 is 11.6 Å². The normalized spacial score (nSPS) is 12.1. The molecular weight excluding hydrogens is 484 g/mol. The van der Waals surface area contributed by atoms with Crippen LogP contribution in [-0.2, 0) is 16.1 Å². The Morgan fingerprint density at radius 2 is 1.90 bits per heavy atom. The molecule has 0 aromatic heterocycles. The predicted octanol–water partition coefficient (Wildman–Crippen LogP) is 4.82. The number of nitrogens with zero attached hydrogens (tertiary/aromatic N) is 1. The van der Waals surface area contributed by atoms with Crippen LogP contribution in [0.5, 0.6) is 11.5 Å². The van der Waals surface area contributed by atoms with Crippen LogP contribution in [0.25, 0.3) is 0 Å². The summed E-state index contributed by atoms with van der Waals surface area (Å²) in [7, 11) is 1.58. The van der Waals surface area contributed by atoms with Crippen LogP contribution < -0.4 is 14.8 Å². The summed E-state index contributed by atoms with van der Waals surface area (Å²) in [6.45, 7) is 7.36. The van der Waals surface area contributed by atoms with Gasteiger partial charge in [0.1, 0.15) is 17.5 Å². The van der Waals surface area contributed by atoms with Gasteiger partial charge in [-0.3, -0.25) is 9.59 Å². The maximum Gasteiger partial charge on any atom is 0.261 e. The molecule has 8 heteroatoms. The van der Waals surface area contributed by atoms with Crippen LogP contribution >= 0.6 is 27.5 Å². The van der Waals surface area contributed by atoms with E-state index in [9.17, 15) is 9.59 Å². The average Bonchev–Trinajstić information content (AvgIpc) is 2.69. The number of ether oxygens (including phenoxy) is 2. The van der Waals surface area contributed by atoms with E-state index in [1.165, 1.54) is 4.90 Å². The van der Waals surface area contributed by atoms with Crippen molar-refractivity contribution in [2.24, 2.45) is 0 Å². The monoisotopic (exact) mass is 510 g/mol. The summed E-state index contributed by atoms with van der Waals surface area (Å²) >= 11 is 9.52. The summed E-state index contributed by atoms with van der Waals surface area (Å²) in [6, 6.07) is 11.8. The van der Waals surface area contributed by atoms with Crippen LogP contribution in [0.15, 0.2) is 46.9 Å². The molecule has 2 amide bonds. The summed E-state index contributed by atoms with van der Waals surface area (Å²) in [6.07, 6.45) is 0. The lowest BCUT2D eigenvalue weighted by Crippen LogP contribution is -2.53. The van der Waals surface area contributed by atoms with E-state index in [1.807, 2.05) is 45.0 Å². The molecule has 6 nitrogen and oxygen atoms in total. The lowest BCUT2D eigenvalue weighted by molar-refractivity contribution is -0.142. The van der Waals surface area contributed by atoms with Crippen LogP contribution in [-0.4, -0.2) is 42.0 Å². The van der Waals surface area contributed by atoms with Crippen LogP contribution in [0, 0.1) is 0 Å². The Balaban J connectivity index is 2.22. The molecule has 0 aliphatic carbocycles. The minimum absolute atomic E-state index is 0.228. The Morgan fingerprint density at radius 1 is 1.19 bits per heavy atom. The highest BCUT2D eigenvalue weighted by molar-refractivity contribution is 9.10. The van der Waals surface area contributed by atoms with Crippen molar-refractivity contribution in [1.82, 2.24) is 10.2 Å². The van der Waals surface area contributed by atoms with Gasteiger partial charge in [0, 0.05) is 16.6 Å². The number of amides is 2. The maximum absolute atomic E-state index is 13.1. The molecule has 0 saturated heterocycles. The number of carbonyl (C=O) groups excluding carboxylic acids is 2. The Hall–Kier alpha value is -2.25. The summed E-state index contributed by atoms with van der Waals surface area (Å²) in [5.41, 5.74) is 0.419. The highest BCUT2D eigenvalue weighted by atomic mass is 79.9. The van der Waals surface area contributed by atoms with Gasteiger partial charge in [0.2, 0.25) is 5.91 Å². The largest absolute Gasteiger partial charge is 0.497 e. The summed E-state index contributed by atoms with van der Waals surface area (Å²) in [4.78, 5) is 27.4. The van der Waals surface area contributed by atoms with Gasteiger partial charge in [0.05, 0.1) is 12.1 Å². The molecule has 1 atom stereocenters. The Kier molecular flexibility index (Phi) is 8.77. The van der Waals surface area contributed by atoms with Crippen molar-refractivity contribution in [3.63, 3.8) is 0 Å². The van der Waals surface area contributed by atoms with Gasteiger partial charge in [-0.1, -0.05) is 39.7 Å². The fourth-order valence-corrected chi connectivity index (χ4v) is 3.57. The Labute approximate surface area is 197 Å². The number of benzene rings is 2. The van der Waals surface area contributed by atoms with E-state index >= 15 is 0 Å². The molecule has 168 valence electrons. The second kappa shape index (κ2) is 10.9. The zero-order chi connectivity index (χ0) is 23.2. The molecule has 0 heterocycles. The number of hydrogen-bond donors (Lipinski definition) is 1. The molecule has 0 aliphatic heterocycles. The SMILES string of the molecule is COc1cccc(CN(C(=O)COc2ccc(Br)cc2Cl)C(C)C(=O)NC(C)(C)C)c1. The third-order valence-electron chi connectivity index (χ3n) is 4.40. The molecule has 0 fully saturated rings. The first-order valence-electron chi connectivity index (χ1n) is 9.82. The molecule has 2 aromatic carbocycles. The second-order valence-corrected chi connectivity index (χ2v) is 9.47. The van der Waals surface area contributed by atoms with Crippen molar-refractivity contribution < 1.29 is 19.1 Å². The van der Waals surface area contributed by atoms with Gasteiger partial charge >= 0.3 is 0 Å². The third-order valence-corrected chi connectivity index (χ3v) is 5.19. The molecular formula is C23H28BrClN2O4. The minimum atomic E-state index is -0.707. The number of halogens is 2. The standard InChI is InChI=1S/C23H28BrClN2O4/c1-15(22(29)26-23(2,3)4)27(13-16-7-6-8-18(11-16)30-5)21(28)14-31-20-10-9-17(24)12-19(20)25/h6-12,15H,13-14H2,1-5H3,(H,26,29). The van der Waals surface area contributed by atoms with E-state index in [0.29, 0.717) is 16.5 Å². The average molecular weight is 512 g/mol. The fourth-order valence-electron chi connectivity index (χ4n) is 2.84. The van der Waals surface area contributed by atoms with Crippen LogP contribution in [0.4, 0.5) is 0 Å². The molecule has 0 bridgehead atoms. The lowest BCUT2D eigenvalue weighted by atomic mass is 10.1. The van der Waals surface area contributed by atoms with Crippen molar-refractivity contribution >= 4 is 39.3 Å². The predicted molar refractivity (Wildman–Crippen MR) is 126 cm³/mol. The van der Waals surface area contributed by atoms with E-state index in [1.54, 1.807) is 32.2 Å². The fraction of sp³-hybridized carbons (Fsp3) is 0.391. The highest BCUT2D eigenvalue weighted by Crippen LogP contribution is 2.28. The number of carbonyl (C=O) groups is 2. The zero-order valence-corrected chi connectivity index (χ0v) is 20.7. The quantitative estimate of drug-likeness (QED) is 0.552. The summed E-state index contributed by atoms with van der Waals surface area (Å²) in [5, 5.41) is 3.32. The van der Waals surface area contributed by atoms with Crippen molar-refractivity contribution in [3.8, 4) is 11.5 Å². The number of hydrogen-bond acceptors (Lipinski definition) is 4. The first-order chi connectivity index (χ1) is 14.5. The van der Waals surface area contributed by atoms with Crippen molar-refractivity contribution in [2.45, 2.75) is 45.8 Å². The highest BCUT2D eigenvalue weighted by Gasteiger charge is 2.29. The van der Waals surface area contributed by atoms with E-state index in [2.05, 4.69) is 21.2 Å². The lowest BCUT2D eigenvalue weighted by Gasteiger charge is -2.31. The van der Waals surface area contributed by atoms with Gasteiger partial charge in [0.25, 0.3) is 5.91 Å². The molecule has 0 saturated carbocycles. The summed E-state index contributed by atoms with van der Waals surface area (Å²) in [5.74, 6) is 0.490. The first kappa shape index (κ1) is 25.0. The molecule has 31 heavy (non-hydrogen) atoms. The topological polar surface area (TPSA) is 67.9 Å². The maximum atomic E-state index is 13.1. The zero-order valence-electron chi connectivity index (χ0n) is 18.4. The molecule has 0 radical (unpaired) electrons. The van der Waals surface area contributed by atoms with E-state index in [4.69, 9.17) is 21.1 Å². The van der Waals surface area contributed by atoms with Gasteiger partial charge in [-0.05, 0) is 63.6 Å². The Morgan fingerprint density at radius 3 is 2.52 bits per heavy atom. The van der Waals surface area contributed by atoms with Gasteiger partial charge in [0.15, 0.2) is 6.61 Å². The van der Waals surface area contributed by atoms with Crippen LogP contribution in [0.2, 0.25) is 5.02 Å². The van der Waals surface area contributed by atoms with Crippen LogP contribution in [0.3, 0.4) is 0 Å². The number of rotatable bonds is 8. The van der Waals surface area contributed by atoms with E-state index in [0.717, 1.165) is 10.0 Å². The molecule has 2 rings (SSSR count). The van der Waals surface area contributed by atoms with Gasteiger partial charge < -0.3 is 19.7 Å². The molecule has 0 aliphatic rings. The van der Waals surface area contributed by atoms with Crippen molar-refractivity contribution in [1.29, 1.82) is 0 Å². The summed E-state index contributed by atoms with van der Waals surface area (Å²) < 4.78 is 11.7. The van der Waals surface area contributed by atoms with E-state index in [-0.39, 0.29) is 25.0 Å².